The number of hydrogen-bond acceptors (Lipinski definition) is 3. The first-order chi connectivity index (χ1) is 17.7. The Labute approximate surface area is 211 Å². The summed E-state index contributed by atoms with van der Waals surface area (Å²) in [5.41, 5.74) is 6.34. The molecule has 0 radical (unpaired) electrons. The standard InChI is InChI=1S/C31H29N3O2/c35-30(33-28-14-6-5-13-27(28)31(36)32-21-23-9-2-1-3-10-23)26-18-16-24(17-19-26)22-34-20-8-12-25-11-4-7-15-29(25)34/h1-7,9-11,13-19H,8,12,20-22H2,(H,32,36)(H,33,35). The van der Waals surface area contributed by atoms with Gasteiger partial charge in [-0.2, -0.15) is 0 Å². The molecule has 2 N–H and O–H groups in total. The van der Waals surface area contributed by atoms with E-state index in [4.69, 9.17) is 0 Å². The fourth-order valence-electron chi connectivity index (χ4n) is 4.62. The van der Waals surface area contributed by atoms with E-state index >= 15 is 0 Å². The van der Waals surface area contributed by atoms with Gasteiger partial charge in [0.15, 0.2) is 0 Å². The molecule has 5 nitrogen and oxygen atoms in total. The summed E-state index contributed by atoms with van der Waals surface area (Å²) in [4.78, 5) is 28.2. The fourth-order valence-corrected chi connectivity index (χ4v) is 4.62. The smallest absolute Gasteiger partial charge is 0.255 e. The number of amides is 2. The molecule has 0 aliphatic carbocycles. The van der Waals surface area contributed by atoms with Crippen molar-refractivity contribution in [3.05, 3.63) is 131 Å². The van der Waals surface area contributed by atoms with E-state index in [1.165, 1.54) is 11.3 Å². The van der Waals surface area contributed by atoms with Crippen molar-refractivity contribution in [3.63, 3.8) is 0 Å². The van der Waals surface area contributed by atoms with Crippen LogP contribution in [-0.2, 0) is 19.5 Å². The maximum atomic E-state index is 13.0. The van der Waals surface area contributed by atoms with Gasteiger partial charge in [0, 0.05) is 30.9 Å². The third-order valence-electron chi connectivity index (χ3n) is 6.51. The lowest BCUT2D eigenvalue weighted by molar-refractivity contribution is 0.0952. The Morgan fingerprint density at radius 3 is 2.28 bits per heavy atom. The predicted octanol–water partition coefficient (Wildman–Crippen LogP) is 5.82. The van der Waals surface area contributed by atoms with Gasteiger partial charge >= 0.3 is 0 Å². The second kappa shape index (κ2) is 10.9. The summed E-state index contributed by atoms with van der Waals surface area (Å²) in [6, 6.07) is 33.1. The van der Waals surface area contributed by atoms with Gasteiger partial charge in [-0.3, -0.25) is 9.59 Å². The number of para-hydroxylation sites is 2. The molecule has 4 aromatic carbocycles. The number of anilines is 2. The maximum absolute atomic E-state index is 13.0. The number of hydrogen-bond donors (Lipinski definition) is 2. The number of aryl methyl sites for hydroxylation is 1. The minimum Gasteiger partial charge on any atom is -0.367 e. The molecule has 1 aliphatic rings. The lowest BCUT2D eigenvalue weighted by atomic mass is 10.0. The molecule has 0 bridgehead atoms. The molecule has 4 aromatic rings. The van der Waals surface area contributed by atoms with Crippen LogP contribution in [0.2, 0.25) is 0 Å². The van der Waals surface area contributed by atoms with E-state index in [0.29, 0.717) is 23.4 Å². The van der Waals surface area contributed by atoms with Gasteiger partial charge in [-0.15, -0.1) is 0 Å². The topological polar surface area (TPSA) is 61.4 Å². The Balaban J connectivity index is 1.23. The van der Waals surface area contributed by atoms with Crippen molar-refractivity contribution in [2.24, 2.45) is 0 Å². The van der Waals surface area contributed by atoms with Crippen LogP contribution in [0, 0.1) is 0 Å². The highest BCUT2D eigenvalue weighted by molar-refractivity contribution is 6.09. The number of carbonyl (C=O) groups is 2. The molecule has 0 aromatic heterocycles. The number of carbonyl (C=O) groups excluding carboxylic acids is 2. The number of nitrogens with zero attached hydrogens (tertiary/aromatic N) is 1. The highest BCUT2D eigenvalue weighted by Gasteiger charge is 2.17. The van der Waals surface area contributed by atoms with Crippen LogP contribution in [0.3, 0.4) is 0 Å². The molecule has 1 aliphatic heterocycles. The average Bonchev–Trinajstić information content (AvgIpc) is 2.93. The van der Waals surface area contributed by atoms with Crippen LogP contribution in [0.25, 0.3) is 0 Å². The van der Waals surface area contributed by atoms with Crippen molar-refractivity contribution in [2.75, 3.05) is 16.8 Å². The summed E-state index contributed by atoms with van der Waals surface area (Å²) in [7, 11) is 0. The molecule has 0 saturated heterocycles. The molecule has 5 heteroatoms. The van der Waals surface area contributed by atoms with Gasteiger partial charge in [0.2, 0.25) is 0 Å². The van der Waals surface area contributed by atoms with Crippen molar-refractivity contribution >= 4 is 23.2 Å². The molecular weight excluding hydrogens is 446 g/mol. The van der Waals surface area contributed by atoms with Gasteiger partial charge in [-0.05, 0) is 59.9 Å². The van der Waals surface area contributed by atoms with E-state index in [9.17, 15) is 9.59 Å². The predicted molar refractivity (Wildman–Crippen MR) is 144 cm³/mol. The van der Waals surface area contributed by atoms with Crippen LogP contribution in [0.5, 0.6) is 0 Å². The van der Waals surface area contributed by atoms with E-state index in [1.54, 1.807) is 18.2 Å². The van der Waals surface area contributed by atoms with Gasteiger partial charge in [0.1, 0.15) is 0 Å². The number of fused-ring (bicyclic) bond motifs is 1. The maximum Gasteiger partial charge on any atom is 0.255 e. The van der Waals surface area contributed by atoms with E-state index in [2.05, 4.69) is 39.8 Å². The molecule has 36 heavy (non-hydrogen) atoms. The number of benzene rings is 4. The summed E-state index contributed by atoms with van der Waals surface area (Å²) in [5, 5.41) is 5.84. The zero-order valence-corrected chi connectivity index (χ0v) is 20.1. The Hall–Kier alpha value is -4.38. The Kier molecular flexibility index (Phi) is 7.08. The molecular formula is C31H29N3O2. The molecule has 0 atom stereocenters. The molecule has 5 rings (SSSR count). The van der Waals surface area contributed by atoms with Crippen molar-refractivity contribution < 1.29 is 9.59 Å². The molecule has 0 unspecified atom stereocenters. The second-order valence-corrected chi connectivity index (χ2v) is 9.02. The van der Waals surface area contributed by atoms with E-state index in [-0.39, 0.29) is 11.8 Å². The SMILES string of the molecule is O=C(Nc1ccccc1C(=O)NCc1ccccc1)c1ccc(CN2CCCc3ccccc32)cc1. The quantitative estimate of drug-likeness (QED) is 0.354. The first-order valence-electron chi connectivity index (χ1n) is 12.3. The monoisotopic (exact) mass is 475 g/mol. The van der Waals surface area contributed by atoms with Crippen molar-refractivity contribution in [1.29, 1.82) is 0 Å². The van der Waals surface area contributed by atoms with Gasteiger partial charge in [-0.1, -0.05) is 72.8 Å². The van der Waals surface area contributed by atoms with Crippen LogP contribution in [0.15, 0.2) is 103 Å². The van der Waals surface area contributed by atoms with Gasteiger partial charge in [0.05, 0.1) is 11.3 Å². The van der Waals surface area contributed by atoms with Crippen LogP contribution >= 0.6 is 0 Å². The fraction of sp³-hybridized carbons (Fsp3) is 0.161. The first kappa shape index (κ1) is 23.4. The molecule has 0 spiro atoms. The Morgan fingerprint density at radius 1 is 0.722 bits per heavy atom. The molecule has 180 valence electrons. The Morgan fingerprint density at radius 2 is 1.44 bits per heavy atom. The van der Waals surface area contributed by atoms with Crippen LogP contribution in [0.1, 0.15) is 43.8 Å². The Bertz CT molecular complexity index is 1350. The summed E-state index contributed by atoms with van der Waals surface area (Å²) >= 11 is 0. The second-order valence-electron chi connectivity index (χ2n) is 9.02. The minimum atomic E-state index is -0.242. The highest BCUT2D eigenvalue weighted by Crippen LogP contribution is 2.28. The summed E-state index contributed by atoms with van der Waals surface area (Å²) in [6.07, 6.45) is 2.27. The van der Waals surface area contributed by atoms with Crippen molar-refractivity contribution in [2.45, 2.75) is 25.9 Å². The van der Waals surface area contributed by atoms with E-state index in [0.717, 1.165) is 37.1 Å². The highest BCUT2D eigenvalue weighted by atomic mass is 16.2. The lowest BCUT2D eigenvalue weighted by Crippen LogP contribution is -2.28. The van der Waals surface area contributed by atoms with Gasteiger partial charge in [-0.25, -0.2) is 0 Å². The van der Waals surface area contributed by atoms with Crippen LogP contribution < -0.4 is 15.5 Å². The van der Waals surface area contributed by atoms with Gasteiger partial charge < -0.3 is 15.5 Å². The van der Waals surface area contributed by atoms with E-state index in [1.807, 2.05) is 60.7 Å². The lowest BCUT2D eigenvalue weighted by Gasteiger charge is -2.31. The number of nitrogens with one attached hydrogen (secondary N) is 2. The van der Waals surface area contributed by atoms with E-state index < -0.39 is 0 Å². The van der Waals surface area contributed by atoms with Crippen molar-refractivity contribution in [1.82, 2.24) is 5.32 Å². The van der Waals surface area contributed by atoms with Crippen molar-refractivity contribution in [3.8, 4) is 0 Å². The molecule has 0 fully saturated rings. The molecule has 0 saturated carbocycles. The number of rotatable bonds is 7. The first-order valence-corrected chi connectivity index (χ1v) is 12.3. The zero-order valence-electron chi connectivity index (χ0n) is 20.1. The zero-order chi connectivity index (χ0) is 24.7. The molecule has 1 heterocycles. The van der Waals surface area contributed by atoms with Crippen LogP contribution in [0.4, 0.5) is 11.4 Å². The van der Waals surface area contributed by atoms with Crippen LogP contribution in [-0.4, -0.2) is 18.4 Å². The summed E-state index contributed by atoms with van der Waals surface area (Å²) in [6.45, 7) is 2.26. The minimum absolute atomic E-state index is 0.230. The third kappa shape index (κ3) is 5.47. The summed E-state index contributed by atoms with van der Waals surface area (Å²) < 4.78 is 0. The average molecular weight is 476 g/mol. The third-order valence-corrected chi connectivity index (χ3v) is 6.51. The normalized spacial score (nSPS) is 12.5. The molecule has 2 amide bonds. The summed E-state index contributed by atoms with van der Waals surface area (Å²) in [5.74, 6) is -0.472. The van der Waals surface area contributed by atoms with Gasteiger partial charge in [0.25, 0.3) is 11.8 Å². The largest absolute Gasteiger partial charge is 0.367 e.